The minimum Gasteiger partial charge on any atom is -0.424 e. The Labute approximate surface area is 350 Å². The quantitative estimate of drug-likeness (QED) is 0.146. The van der Waals surface area contributed by atoms with Crippen LogP contribution in [0, 0.1) is 0 Å². The number of likely N-dealkylation sites (tertiary alicyclic amines) is 1. The third-order valence-electron chi connectivity index (χ3n) is 11.7. The number of hydrogen-bond acceptors (Lipinski definition) is 18. The van der Waals surface area contributed by atoms with E-state index in [1.54, 1.807) is 30.9 Å². The van der Waals surface area contributed by atoms with Gasteiger partial charge in [-0.1, -0.05) is 0 Å². The second-order valence-corrected chi connectivity index (χ2v) is 15.4. The fourth-order valence-electron chi connectivity index (χ4n) is 8.19. The molecule has 61 heavy (non-hydrogen) atoms. The number of rotatable bonds is 12. The summed E-state index contributed by atoms with van der Waals surface area (Å²) in [6.45, 7) is 9.07. The van der Waals surface area contributed by atoms with Crippen molar-refractivity contribution in [1.82, 2.24) is 59.4 Å². The summed E-state index contributed by atoms with van der Waals surface area (Å²) in [6.07, 6.45) is 9.91. The van der Waals surface area contributed by atoms with Crippen LogP contribution in [0.1, 0.15) is 41.2 Å². The highest BCUT2D eigenvalue weighted by Crippen LogP contribution is 2.35. The summed E-state index contributed by atoms with van der Waals surface area (Å²) in [5.41, 5.74) is 22.4. The standard InChI is InChI=1S/C40H49N17O4/c41-20-26-21-44-39(45-22-26)56-14-12-53(13-15-56)32(58)5-17-60-18-16-52-8-10-55(11-9-52)40-46-23-28(24-47-40)37(59)54-6-3-29(4-7-54)57-36-33(35(42)48-25-49-36)34(51-57)27-1-2-31-30(19-27)50-38(43)61-31/h1-2,19,21-25,29H,3-18,20,41H2,(H2,43,50)(H2,42,48,49). The van der Waals surface area contributed by atoms with E-state index in [1.165, 1.54) is 6.33 Å². The van der Waals surface area contributed by atoms with Crippen LogP contribution in [0.5, 0.6) is 0 Å². The number of hydrogen-bond donors (Lipinski definition) is 3. The number of amides is 2. The van der Waals surface area contributed by atoms with Crippen LogP contribution in [0.3, 0.4) is 0 Å². The molecule has 5 aromatic heterocycles. The number of nitrogens with zero attached hydrogens (tertiary/aromatic N) is 14. The lowest BCUT2D eigenvalue weighted by atomic mass is 10.0. The van der Waals surface area contributed by atoms with Gasteiger partial charge in [0, 0.05) is 114 Å². The number of benzene rings is 1. The van der Waals surface area contributed by atoms with E-state index < -0.39 is 0 Å². The maximum atomic E-state index is 13.6. The minimum atomic E-state index is -0.100. The lowest BCUT2D eigenvalue weighted by Gasteiger charge is -2.35. The monoisotopic (exact) mass is 831 g/mol. The topological polar surface area (TPSA) is 259 Å². The van der Waals surface area contributed by atoms with Gasteiger partial charge in [-0.25, -0.2) is 34.6 Å². The second-order valence-electron chi connectivity index (χ2n) is 15.4. The predicted molar refractivity (Wildman–Crippen MR) is 226 cm³/mol. The average molecular weight is 832 g/mol. The van der Waals surface area contributed by atoms with Gasteiger partial charge in [0.1, 0.15) is 23.4 Å². The van der Waals surface area contributed by atoms with E-state index in [4.69, 9.17) is 31.5 Å². The summed E-state index contributed by atoms with van der Waals surface area (Å²) in [6, 6.07) is 5.64. The van der Waals surface area contributed by atoms with Crippen molar-refractivity contribution in [3.05, 3.63) is 60.4 Å². The van der Waals surface area contributed by atoms with Gasteiger partial charge in [-0.15, -0.1) is 0 Å². The molecule has 0 spiro atoms. The molecule has 6 N–H and O–H groups in total. The van der Waals surface area contributed by atoms with Gasteiger partial charge in [-0.2, -0.15) is 10.1 Å². The van der Waals surface area contributed by atoms with Crippen molar-refractivity contribution in [2.45, 2.75) is 31.8 Å². The molecule has 21 heteroatoms. The number of nitrogens with two attached hydrogens (primary N) is 3. The molecule has 9 rings (SSSR count). The second kappa shape index (κ2) is 17.6. The van der Waals surface area contributed by atoms with Crippen LogP contribution in [0.15, 0.2) is 53.7 Å². The van der Waals surface area contributed by atoms with Crippen LogP contribution in [0.4, 0.5) is 23.7 Å². The molecule has 0 saturated carbocycles. The molecule has 3 aliphatic rings. The first kappa shape index (κ1) is 39.9. The van der Waals surface area contributed by atoms with Gasteiger partial charge in [0.15, 0.2) is 11.2 Å². The first-order valence-electron chi connectivity index (χ1n) is 20.7. The number of carbonyl (C=O) groups excluding carboxylic acids is 2. The molecule has 3 aliphatic heterocycles. The Morgan fingerprint density at radius 2 is 1.48 bits per heavy atom. The smallest absolute Gasteiger partial charge is 0.292 e. The molecule has 318 valence electrons. The van der Waals surface area contributed by atoms with E-state index in [0.29, 0.717) is 129 Å². The number of oxazole rings is 1. The summed E-state index contributed by atoms with van der Waals surface area (Å²) in [5, 5.41) is 5.65. The van der Waals surface area contributed by atoms with Crippen molar-refractivity contribution < 1.29 is 18.7 Å². The SMILES string of the molecule is NCc1cnc(N2CCN(C(=O)CCOCCN3CCN(c4ncc(C(=O)N5CCC(n6nc(-c7ccc8oc(N)nc8c7)c7c(N)ncnc76)CC5)cn4)CC3)CC2)nc1. The van der Waals surface area contributed by atoms with Gasteiger partial charge in [0.2, 0.25) is 17.8 Å². The zero-order valence-corrected chi connectivity index (χ0v) is 33.8. The number of anilines is 4. The number of aromatic nitrogens is 9. The lowest BCUT2D eigenvalue weighted by molar-refractivity contribution is -0.132. The molecule has 0 aliphatic carbocycles. The van der Waals surface area contributed by atoms with Crippen molar-refractivity contribution in [1.29, 1.82) is 0 Å². The lowest BCUT2D eigenvalue weighted by Crippen LogP contribution is -2.49. The Morgan fingerprint density at radius 3 is 2.18 bits per heavy atom. The fraction of sp³-hybridized carbons (Fsp3) is 0.450. The Kier molecular flexibility index (Phi) is 11.5. The van der Waals surface area contributed by atoms with Gasteiger partial charge >= 0.3 is 0 Å². The minimum absolute atomic E-state index is 0.00478. The van der Waals surface area contributed by atoms with Gasteiger partial charge < -0.3 is 46.0 Å². The van der Waals surface area contributed by atoms with E-state index in [1.807, 2.05) is 26.6 Å². The largest absolute Gasteiger partial charge is 0.424 e. The Hall–Kier alpha value is -6.58. The maximum absolute atomic E-state index is 13.6. The zero-order valence-electron chi connectivity index (χ0n) is 33.8. The van der Waals surface area contributed by atoms with Gasteiger partial charge in [-0.3, -0.25) is 14.5 Å². The number of nitrogen functional groups attached to an aromatic ring is 2. The summed E-state index contributed by atoms with van der Waals surface area (Å²) < 4.78 is 13.2. The van der Waals surface area contributed by atoms with E-state index in [0.717, 1.165) is 43.9 Å². The first-order valence-corrected chi connectivity index (χ1v) is 20.7. The molecule has 0 bridgehead atoms. The molecule has 8 heterocycles. The number of piperazine rings is 2. The van der Waals surface area contributed by atoms with E-state index in [9.17, 15) is 9.59 Å². The van der Waals surface area contributed by atoms with Crippen LogP contribution in [-0.2, 0) is 16.1 Å². The van der Waals surface area contributed by atoms with Crippen molar-refractivity contribution in [2.75, 3.05) is 106 Å². The third kappa shape index (κ3) is 8.56. The Balaban J connectivity index is 0.701. The molecule has 1 aromatic carbocycles. The van der Waals surface area contributed by atoms with E-state index >= 15 is 0 Å². The Morgan fingerprint density at radius 1 is 0.787 bits per heavy atom. The van der Waals surface area contributed by atoms with Gasteiger partial charge in [0.05, 0.1) is 36.6 Å². The van der Waals surface area contributed by atoms with Crippen molar-refractivity contribution in [3.8, 4) is 11.3 Å². The number of piperidine rings is 1. The van der Waals surface area contributed by atoms with E-state index in [-0.39, 0.29) is 23.9 Å². The number of carbonyl (C=O) groups is 2. The first-order chi connectivity index (χ1) is 29.8. The van der Waals surface area contributed by atoms with Crippen LogP contribution in [-0.4, -0.2) is 156 Å². The van der Waals surface area contributed by atoms with Gasteiger partial charge in [0.25, 0.3) is 11.9 Å². The highest BCUT2D eigenvalue weighted by Gasteiger charge is 2.30. The summed E-state index contributed by atoms with van der Waals surface area (Å²) in [4.78, 5) is 67.7. The summed E-state index contributed by atoms with van der Waals surface area (Å²) in [5.74, 6) is 1.61. The summed E-state index contributed by atoms with van der Waals surface area (Å²) >= 11 is 0. The van der Waals surface area contributed by atoms with Crippen molar-refractivity contribution >= 4 is 57.7 Å². The van der Waals surface area contributed by atoms with E-state index in [2.05, 4.69) is 49.6 Å². The maximum Gasteiger partial charge on any atom is 0.292 e. The fourth-order valence-corrected chi connectivity index (χ4v) is 8.19. The molecular formula is C40H49N17O4. The molecule has 0 radical (unpaired) electrons. The number of fused-ring (bicyclic) bond motifs is 2. The molecule has 6 aromatic rings. The summed E-state index contributed by atoms with van der Waals surface area (Å²) in [7, 11) is 0. The van der Waals surface area contributed by atoms with Crippen LogP contribution < -0.4 is 27.0 Å². The Bertz CT molecular complexity index is 2470. The molecule has 0 atom stereocenters. The van der Waals surface area contributed by atoms with Crippen LogP contribution in [0.2, 0.25) is 0 Å². The molecule has 3 saturated heterocycles. The highest BCUT2D eigenvalue weighted by molar-refractivity contribution is 5.99. The molecular weight excluding hydrogens is 783 g/mol. The van der Waals surface area contributed by atoms with Crippen LogP contribution >= 0.6 is 0 Å². The molecule has 3 fully saturated rings. The highest BCUT2D eigenvalue weighted by atomic mass is 16.5. The van der Waals surface area contributed by atoms with Crippen molar-refractivity contribution in [3.63, 3.8) is 0 Å². The molecule has 0 unspecified atom stereocenters. The molecule has 2 amide bonds. The number of ether oxygens (including phenoxy) is 1. The van der Waals surface area contributed by atoms with Crippen LogP contribution in [0.25, 0.3) is 33.4 Å². The normalized spacial score (nSPS) is 16.9. The third-order valence-corrected chi connectivity index (χ3v) is 11.7. The van der Waals surface area contributed by atoms with Crippen molar-refractivity contribution in [2.24, 2.45) is 5.73 Å². The average Bonchev–Trinajstić information content (AvgIpc) is 3.89. The van der Waals surface area contributed by atoms with Gasteiger partial charge in [-0.05, 0) is 31.0 Å². The molecule has 21 nitrogen and oxygen atoms in total. The predicted octanol–water partition coefficient (Wildman–Crippen LogP) is 1.19. The zero-order chi connectivity index (χ0) is 41.9.